The van der Waals surface area contributed by atoms with Gasteiger partial charge in [-0.15, -0.1) is 0 Å². The molecule has 2 heterocycles. The molecule has 0 radical (unpaired) electrons. The molecule has 0 bridgehead atoms. The van der Waals surface area contributed by atoms with Crippen LogP contribution in [-0.4, -0.2) is 49.8 Å². The van der Waals surface area contributed by atoms with Gasteiger partial charge in [0.2, 0.25) is 5.91 Å². The molecule has 138 valence electrons. The van der Waals surface area contributed by atoms with Gasteiger partial charge in [0.25, 0.3) is 5.91 Å². The Morgan fingerprint density at radius 3 is 2.81 bits per heavy atom. The summed E-state index contributed by atoms with van der Waals surface area (Å²) >= 11 is 3.33. The molecule has 2 amide bonds. The van der Waals surface area contributed by atoms with E-state index in [1.54, 1.807) is 19.1 Å². The van der Waals surface area contributed by atoms with Crippen molar-refractivity contribution in [2.45, 2.75) is 38.6 Å². The average molecular weight is 425 g/mol. The third-order valence-corrected chi connectivity index (χ3v) is 4.66. The van der Waals surface area contributed by atoms with Crippen LogP contribution in [0.15, 0.2) is 16.6 Å². The van der Waals surface area contributed by atoms with Crippen molar-refractivity contribution in [3.63, 3.8) is 0 Å². The fourth-order valence-electron chi connectivity index (χ4n) is 2.98. The van der Waals surface area contributed by atoms with Gasteiger partial charge in [-0.05, 0) is 31.9 Å². The molecule has 4 N–H and O–H groups in total. The summed E-state index contributed by atoms with van der Waals surface area (Å²) in [5.41, 5.74) is 1.11. The van der Waals surface area contributed by atoms with Gasteiger partial charge in [0.1, 0.15) is 30.2 Å². The number of aromatic nitrogens is 2. The lowest BCUT2D eigenvalue weighted by atomic mass is 10.0. The molecule has 3 rings (SSSR count). The largest absolute Gasteiger partial charge is 0.480 e. The van der Waals surface area contributed by atoms with Crippen molar-refractivity contribution in [3.05, 3.63) is 28.0 Å². The third-order valence-electron chi connectivity index (χ3n) is 4.21. The number of aliphatic hydroxyl groups is 1. The van der Waals surface area contributed by atoms with Crippen LogP contribution in [-0.2, 0) is 16.1 Å². The first-order valence-corrected chi connectivity index (χ1v) is 8.73. The van der Waals surface area contributed by atoms with Crippen LogP contribution >= 0.6 is 15.9 Å². The summed E-state index contributed by atoms with van der Waals surface area (Å²) < 4.78 is 2.09. The molecule has 1 fully saturated rings. The van der Waals surface area contributed by atoms with Crippen LogP contribution in [0.1, 0.15) is 29.0 Å². The number of hydrogen-bond donors (Lipinski definition) is 4. The topological polar surface area (TPSA) is 134 Å². The molecule has 26 heavy (non-hydrogen) atoms. The monoisotopic (exact) mass is 424 g/mol. The molecule has 1 aliphatic rings. The Balaban J connectivity index is 1.95. The van der Waals surface area contributed by atoms with Gasteiger partial charge in [0.15, 0.2) is 0 Å². The molecule has 0 saturated carbocycles. The fraction of sp³-hybridized carbons (Fsp3) is 0.375. The summed E-state index contributed by atoms with van der Waals surface area (Å²) in [6.45, 7) is 1.39. The number of benzene rings is 1. The molecule has 1 aromatic heterocycles. The van der Waals surface area contributed by atoms with Crippen molar-refractivity contribution in [2.75, 3.05) is 0 Å². The van der Waals surface area contributed by atoms with Crippen LogP contribution < -0.4 is 10.6 Å². The Hall–Kier alpha value is -2.46. The molecule has 0 aliphatic carbocycles. The van der Waals surface area contributed by atoms with E-state index in [0.717, 1.165) is 0 Å². The van der Waals surface area contributed by atoms with Gasteiger partial charge in [-0.3, -0.25) is 14.4 Å². The SMILES string of the molecule is Cc1nc2c(C(=O)NC3CCC(O)NC3=O)cc(Br)cc2n1CC(=O)O. The van der Waals surface area contributed by atoms with Crippen LogP contribution in [0.3, 0.4) is 0 Å². The molecule has 1 aromatic carbocycles. The molecule has 1 aliphatic heterocycles. The van der Waals surface area contributed by atoms with E-state index in [1.165, 1.54) is 4.57 Å². The number of imidazole rings is 1. The number of nitrogens with one attached hydrogen (secondary N) is 2. The maximum atomic E-state index is 12.7. The van der Waals surface area contributed by atoms with E-state index in [2.05, 4.69) is 31.5 Å². The van der Waals surface area contributed by atoms with Crippen LogP contribution in [0.2, 0.25) is 0 Å². The molecule has 2 unspecified atom stereocenters. The van der Waals surface area contributed by atoms with Gasteiger partial charge in [-0.1, -0.05) is 15.9 Å². The number of hydrogen-bond acceptors (Lipinski definition) is 5. The quantitative estimate of drug-likeness (QED) is 0.565. The van der Waals surface area contributed by atoms with Gasteiger partial charge in [0, 0.05) is 4.47 Å². The lowest BCUT2D eigenvalue weighted by Gasteiger charge is -2.26. The highest BCUT2D eigenvalue weighted by molar-refractivity contribution is 9.10. The molecule has 9 nitrogen and oxygen atoms in total. The molecular formula is C16H17BrN4O5. The van der Waals surface area contributed by atoms with Crippen molar-refractivity contribution in [3.8, 4) is 0 Å². The Morgan fingerprint density at radius 2 is 2.15 bits per heavy atom. The molecule has 2 atom stereocenters. The van der Waals surface area contributed by atoms with E-state index in [9.17, 15) is 19.5 Å². The zero-order valence-electron chi connectivity index (χ0n) is 13.8. The second-order valence-electron chi connectivity index (χ2n) is 6.09. The standard InChI is InChI=1S/C16H17BrN4O5/c1-7-18-14-9(4-8(17)5-11(14)21(7)6-13(23)24)15(25)19-10-2-3-12(22)20-16(10)26/h4-5,10,12,22H,2-3,6H2,1H3,(H,19,25)(H,20,26)(H,23,24). The first-order chi connectivity index (χ1) is 12.3. The van der Waals surface area contributed by atoms with Crippen LogP contribution in [0, 0.1) is 6.92 Å². The maximum absolute atomic E-state index is 12.7. The normalized spacial score (nSPS) is 20.0. The number of carbonyl (C=O) groups is 3. The van der Waals surface area contributed by atoms with Gasteiger partial charge < -0.3 is 25.4 Å². The van der Waals surface area contributed by atoms with Crippen molar-refractivity contribution in [1.29, 1.82) is 0 Å². The summed E-state index contributed by atoms with van der Waals surface area (Å²) in [6.07, 6.45) is -0.234. The van der Waals surface area contributed by atoms with E-state index in [0.29, 0.717) is 34.2 Å². The predicted octanol–water partition coefficient (Wildman–Crippen LogP) is 0.519. The highest BCUT2D eigenvalue weighted by Crippen LogP contribution is 2.25. The second kappa shape index (κ2) is 7.04. The van der Waals surface area contributed by atoms with Gasteiger partial charge in [0.05, 0.1) is 11.1 Å². The number of piperidine rings is 1. The van der Waals surface area contributed by atoms with E-state index in [-0.39, 0.29) is 12.1 Å². The number of rotatable bonds is 4. The molecule has 1 saturated heterocycles. The number of nitrogens with zero attached hydrogens (tertiary/aromatic N) is 2. The number of carboxylic acid groups (broad SMARTS) is 1. The molecule has 0 spiro atoms. The highest BCUT2D eigenvalue weighted by atomic mass is 79.9. The molecule has 10 heteroatoms. The first kappa shape index (κ1) is 18.3. The number of amides is 2. The summed E-state index contributed by atoms with van der Waals surface area (Å²) in [7, 11) is 0. The number of carboxylic acids is 1. The lowest BCUT2D eigenvalue weighted by Crippen LogP contribution is -2.53. The minimum absolute atomic E-state index is 0.237. The minimum atomic E-state index is -1.02. The van der Waals surface area contributed by atoms with Gasteiger partial charge in [-0.25, -0.2) is 4.98 Å². The van der Waals surface area contributed by atoms with E-state index >= 15 is 0 Å². The van der Waals surface area contributed by atoms with Crippen molar-refractivity contribution in [1.82, 2.24) is 20.2 Å². The average Bonchev–Trinajstić information content (AvgIpc) is 2.85. The minimum Gasteiger partial charge on any atom is -0.480 e. The predicted molar refractivity (Wildman–Crippen MR) is 94.4 cm³/mol. The van der Waals surface area contributed by atoms with Crippen LogP contribution in [0.25, 0.3) is 11.0 Å². The number of aliphatic carboxylic acids is 1. The molecule has 2 aromatic rings. The van der Waals surface area contributed by atoms with E-state index in [4.69, 9.17) is 5.11 Å². The Kier molecular flexibility index (Phi) is 4.97. The number of carbonyl (C=O) groups excluding carboxylic acids is 2. The van der Waals surface area contributed by atoms with Crippen molar-refractivity contribution in [2.24, 2.45) is 0 Å². The first-order valence-electron chi connectivity index (χ1n) is 7.93. The summed E-state index contributed by atoms with van der Waals surface area (Å²) in [6, 6.07) is 2.52. The van der Waals surface area contributed by atoms with E-state index < -0.39 is 30.1 Å². The number of aryl methyl sites for hydroxylation is 1. The number of fused-ring (bicyclic) bond motifs is 1. The Bertz CT molecular complexity index is 910. The third kappa shape index (κ3) is 3.56. The lowest BCUT2D eigenvalue weighted by molar-refractivity contribution is -0.137. The summed E-state index contributed by atoms with van der Waals surface area (Å²) in [5.74, 6) is -1.49. The Labute approximate surface area is 156 Å². The number of halogens is 1. The highest BCUT2D eigenvalue weighted by Gasteiger charge is 2.29. The van der Waals surface area contributed by atoms with E-state index in [1.807, 2.05) is 0 Å². The zero-order chi connectivity index (χ0) is 19.0. The Morgan fingerprint density at radius 1 is 1.42 bits per heavy atom. The van der Waals surface area contributed by atoms with Gasteiger partial charge >= 0.3 is 5.97 Å². The fourth-order valence-corrected chi connectivity index (χ4v) is 3.42. The number of aliphatic hydroxyl groups excluding tert-OH is 1. The van der Waals surface area contributed by atoms with Crippen molar-refractivity contribution < 1.29 is 24.6 Å². The maximum Gasteiger partial charge on any atom is 0.323 e. The van der Waals surface area contributed by atoms with Crippen LogP contribution in [0.5, 0.6) is 0 Å². The van der Waals surface area contributed by atoms with Crippen molar-refractivity contribution >= 4 is 44.7 Å². The van der Waals surface area contributed by atoms with Crippen LogP contribution in [0.4, 0.5) is 0 Å². The van der Waals surface area contributed by atoms with Gasteiger partial charge in [-0.2, -0.15) is 0 Å². The zero-order valence-corrected chi connectivity index (χ0v) is 15.4. The summed E-state index contributed by atoms with van der Waals surface area (Å²) in [4.78, 5) is 40.0. The molecular weight excluding hydrogens is 408 g/mol. The smallest absolute Gasteiger partial charge is 0.323 e. The second-order valence-corrected chi connectivity index (χ2v) is 7.00. The summed E-state index contributed by atoms with van der Waals surface area (Å²) in [5, 5.41) is 23.5.